The van der Waals surface area contributed by atoms with Gasteiger partial charge in [-0.1, -0.05) is 34.1 Å². The van der Waals surface area contributed by atoms with Gasteiger partial charge in [-0.3, -0.25) is 8.98 Å². The van der Waals surface area contributed by atoms with Gasteiger partial charge >= 0.3 is 10.3 Å². The first-order valence-corrected chi connectivity index (χ1v) is 13.2. The van der Waals surface area contributed by atoms with Crippen LogP contribution in [0.15, 0.2) is 64.5 Å². The standard InChI is InChI=1S/C22H21BrN4O4S2/c23-17-3-1-2-14(7-17)6-16-9-20(32-12-16)21(28)19-10-25-13-26-22(19)27-18-5-4-15(8-18)11-31-33(24,29)30/h1-3,5,7,9-10,12-13,15H,4,6,8,11H2,(H2,24,29,30)(H,25,26,27)/t15-/m1/s1. The van der Waals surface area contributed by atoms with Gasteiger partial charge in [0.25, 0.3) is 0 Å². The first kappa shape index (κ1) is 23.7. The van der Waals surface area contributed by atoms with Crippen LogP contribution in [0.3, 0.4) is 0 Å². The molecule has 4 rings (SSSR count). The van der Waals surface area contributed by atoms with Gasteiger partial charge in [0.2, 0.25) is 5.78 Å². The van der Waals surface area contributed by atoms with E-state index in [-0.39, 0.29) is 18.3 Å². The minimum absolute atomic E-state index is 0.00598. The molecule has 3 N–H and O–H groups in total. The molecule has 0 spiro atoms. The van der Waals surface area contributed by atoms with E-state index in [1.165, 1.54) is 23.9 Å². The van der Waals surface area contributed by atoms with Crippen LogP contribution in [-0.2, 0) is 20.9 Å². The Kier molecular flexibility index (Phi) is 7.35. The number of nitrogens with zero attached hydrogens (tertiary/aromatic N) is 2. The van der Waals surface area contributed by atoms with Crippen molar-refractivity contribution in [3.05, 3.63) is 86.0 Å². The smallest absolute Gasteiger partial charge is 0.333 e. The van der Waals surface area contributed by atoms with Gasteiger partial charge in [0.05, 0.1) is 17.0 Å². The van der Waals surface area contributed by atoms with Crippen molar-refractivity contribution in [1.29, 1.82) is 0 Å². The second-order valence-corrected chi connectivity index (χ2v) is 10.7. The molecule has 33 heavy (non-hydrogen) atoms. The van der Waals surface area contributed by atoms with Crippen molar-refractivity contribution in [2.45, 2.75) is 19.3 Å². The Balaban J connectivity index is 1.43. The summed E-state index contributed by atoms with van der Waals surface area (Å²) in [7, 11) is -3.97. The Morgan fingerprint density at radius 3 is 2.94 bits per heavy atom. The molecule has 11 heteroatoms. The maximum absolute atomic E-state index is 13.2. The summed E-state index contributed by atoms with van der Waals surface area (Å²) in [4.78, 5) is 22.1. The highest BCUT2D eigenvalue weighted by Crippen LogP contribution is 2.29. The van der Waals surface area contributed by atoms with Gasteiger partial charge in [-0.05, 0) is 59.9 Å². The summed E-state index contributed by atoms with van der Waals surface area (Å²) in [5.74, 6) is 0.234. The fraction of sp³-hybridized carbons (Fsp3) is 0.227. The second-order valence-electron chi connectivity index (χ2n) is 7.68. The zero-order valence-electron chi connectivity index (χ0n) is 17.4. The molecule has 0 aliphatic heterocycles. The number of benzene rings is 1. The molecule has 172 valence electrons. The van der Waals surface area contributed by atoms with Crippen LogP contribution in [0.2, 0.25) is 0 Å². The summed E-state index contributed by atoms with van der Waals surface area (Å²) in [5.41, 5.74) is 3.43. The average Bonchev–Trinajstić information content (AvgIpc) is 3.41. The molecule has 0 saturated heterocycles. The predicted molar refractivity (Wildman–Crippen MR) is 130 cm³/mol. The summed E-state index contributed by atoms with van der Waals surface area (Å²) < 4.78 is 27.7. The lowest BCUT2D eigenvalue weighted by Crippen LogP contribution is -2.20. The van der Waals surface area contributed by atoms with Crippen LogP contribution in [0.1, 0.15) is 39.2 Å². The number of nitrogens with two attached hydrogens (primary N) is 1. The minimum Gasteiger partial charge on any atom is -0.343 e. The van der Waals surface area contributed by atoms with Gasteiger partial charge in [-0.2, -0.15) is 8.42 Å². The van der Waals surface area contributed by atoms with Crippen LogP contribution in [0.5, 0.6) is 0 Å². The van der Waals surface area contributed by atoms with E-state index < -0.39 is 10.3 Å². The monoisotopic (exact) mass is 548 g/mol. The zero-order valence-corrected chi connectivity index (χ0v) is 20.6. The van der Waals surface area contributed by atoms with Crippen molar-refractivity contribution in [1.82, 2.24) is 9.97 Å². The number of hydrogen-bond acceptors (Lipinski definition) is 8. The van der Waals surface area contributed by atoms with Crippen LogP contribution in [-0.4, -0.2) is 30.8 Å². The van der Waals surface area contributed by atoms with E-state index in [9.17, 15) is 13.2 Å². The predicted octanol–water partition coefficient (Wildman–Crippen LogP) is 4.05. The number of rotatable bonds is 9. The number of carbonyl (C=O) groups excluding carboxylic acids is 1. The first-order valence-electron chi connectivity index (χ1n) is 10.1. The van der Waals surface area contributed by atoms with Gasteiger partial charge in [0.1, 0.15) is 12.1 Å². The molecular weight excluding hydrogens is 528 g/mol. The lowest BCUT2D eigenvalue weighted by Gasteiger charge is -2.12. The van der Waals surface area contributed by atoms with Crippen molar-refractivity contribution in [2.24, 2.45) is 11.1 Å². The maximum atomic E-state index is 13.2. The Bertz CT molecular complexity index is 1310. The molecule has 0 radical (unpaired) electrons. The van der Waals surface area contributed by atoms with Gasteiger partial charge in [0, 0.05) is 16.4 Å². The summed E-state index contributed by atoms with van der Waals surface area (Å²) in [6, 6.07) is 9.97. The van der Waals surface area contributed by atoms with E-state index in [0.717, 1.165) is 27.7 Å². The normalized spacial score (nSPS) is 15.9. The highest BCUT2D eigenvalue weighted by Gasteiger charge is 2.22. The number of thiophene rings is 1. The van der Waals surface area contributed by atoms with Crippen LogP contribution < -0.4 is 10.5 Å². The number of nitrogens with one attached hydrogen (secondary N) is 1. The van der Waals surface area contributed by atoms with E-state index in [0.29, 0.717) is 29.1 Å². The highest BCUT2D eigenvalue weighted by atomic mass is 79.9. The van der Waals surface area contributed by atoms with Crippen molar-refractivity contribution >= 4 is 49.2 Å². The van der Waals surface area contributed by atoms with Crippen molar-refractivity contribution < 1.29 is 17.4 Å². The Morgan fingerprint density at radius 2 is 2.15 bits per heavy atom. The SMILES string of the molecule is NS(=O)(=O)OC[C@@H]1CC=C(Nc2ncncc2C(=O)c2cc(Cc3cccc(Br)c3)cs2)C1. The summed E-state index contributed by atoms with van der Waals surface area (Å²) >= 11 is 4.88. The molecule has 0 amide bonds. The number of halogens is 1. The third-order valence-corrected chi connectivity index (χ3v) is 7.02. The first-order chi connectivity index (χ1) is 15.8. The maximum Gasteiger partial charge on any atom is 0.333 e. The van der Waals surface area contributed by atoms with Crippen LogP contribution in [0.25, 0.3) is 0 Å². The molecule has 1 aliphatic carbocycles. The number of anilines is 1. The number of hydrogen-bond donors (Lipinski definition) is 2. The molecule has 8 nitrogen and oxygen atoms in total. The Morgan fingerprint density at radius 1 is 1.30 bits per heavy atom. The molecule has 1 aliphatic rings. The quantitative estimate of drug-likeness (QED) is 0.386. The number of allylic oxidation sites excluding steroid dienone is 2. The van der Waals surface area contributed by atoms with E-state index in [2.05, 4.69) is 37.3 Å². The number of ketones is 1. The number of carbonyl (C=O) groups is 1. The topological polar surface area (TPSA) is 124 Å². The Hall–Kier alpha value is -2.44. The van der Waals surface area contributed by atoms with Crippen molar-refractivity contribution in [3.63, 3.8) is 0 Å². The molecule has 0 bridgehead atoms. The lowest BCUT2D eigenvalue weighted by atomic mass is 10.1. The number of aromatic nitrogens is 2. The molecular formula is C22H21BrN4O4S2. The fourth-order valence-electron chi connectivity index (χ4n) is 3.56. The third-order valence-electron chi connectivity index (χ3n) is 5.08. The summed E-state index contributed by atoms with van der Waals surface area (Å²) in [6.07, 6.45) is 6.74. The lowest BCUT2D eigenvalue weighted by molar-refractivity contribution is 0.104. The average molecular weight is 549 g/mol. The molecule has 3 aromatic rings. The van der Waals surface area contributed by atoms with E-state index in [4.69, 9.17) is 9.32 Å². The van der Waals surface area contributed by atoms with Crippen LogP contribution >= 0.6 is 27.3 Å². The molecule has 0 fully saturated rings. The second kappa shape index (κ2) is 10.2. The fourth-order valence-corrected chi connectivity index (χ4v) is 5.25. The van der Waals surface area contributed by atoms with Gasteiger partial charge < -0.3 is 5.32 Å². The third kappa shape index (κ3) is 6.55. The van der Waals surface area contributed by atoms with E-state index in [1.54, 1.807) is 0 Å². The molecule has 0 saturated carbocycles. The highest BCUT2D eigenvalue weighted by molar-refractivity contribution is 9.10. The molecule has 2 heterocycles. The van der Waals surface area contributed by atoms with Gasteiger partial charge in [0.15, 0.2) is 0 Å². The zero-order chi connectivity index (χ0) is 23.4. The molecule has 0 unspecified atom stereocenters. The minimum atomic E-state index is -3.97. The van der Waals surface area contributed by atoms with Crippen molar-refractivity contribution in [2.75, 3.05) is 11.9 Å². The largest absolute Gasteiger partial charge is 0.343 e. The molecule has 1 atom stereocenters. The Labute approximate surface area is 204 Å². The van der Waals surface area contributed by atoms with E-state index >= 15 is 0 Å². The van der Waals surface area contributed by atoms with Crippen molar-refractivity contribution in [3.8, 4) is 0 Å². The van der Waals surface area contributed by atoms with E-state index in [1.807, 2.05) is 35.7 Å². The summed E-state index contributed by atoms with van der Waals surface area (Å²) in [5, 5.41) is 10.1. The van der Waals surface area contributed by atoms with Gasteiger partial charge in [-0.15, -0.1) is 11.3 Å². The molecule has 1 aromatic carbocycles. The van der Waals surface area contributed by atoms with Crippen LogP contribution in [0.4, 0.5) is 5.82 Å². The molecule has 2 aromatic heterocycles. The summed E-state index contributed by atoms with van der Waals surface area (Å²) in [6.45, 7) is 0.00598. The van der Waals surface area contributed by atoms with Crippen LogP contribution in [0, 0.1) is 5.92 Å². The van der Waals surface area contributed by atoms with Gasteiger partial charge in [-0.25, -0.2) is 15.1 Å².